The first kappa shape index (κ1) is 13.9. The van der Waals surface area contributed by atoms with Gasteiger partial charge < -0.3 is 5.32 Å². The zero-order chi connectivity index (χ0) is 15.1. The van der Waals surface area contributed by atoms with Gasteiger partial charge in [-0.3, -0.25) is 14.5 Å². The Morgan fingerprint density at radius 1 is 1.24 bits per heavy atom. The number of nitrogens with one attached hydrogen (secondary N) is 1. The summed E-state index contributed by atoms with van der Waals surface area (Å²) in [6.07, 6.45) is 0. The molecule has 0 saturated carbocycles. The summed E-state index contributed by atoms with van der Waals surface area (Å²) in [7, 11) is 1.79. The number of imide groups is 1. The molecule has 0 aromatic carbocycles. The number of fused-ring (bicyclic) bond motifs is 1. The van der Waals surface area contributed by atoms with Gasteiger partial charge in [0.25, 0.3) is 0 Å². The van der Waals surface area contributed by atoms with Crippen molar-refractivity contribution in [3.05, 3.63) is 17.3 Å². The number of aromatic nitrogens is 2. The topological polar surface area (TPSA) is 75.2 Å². The predicted molar refractivity (Wildman–Crippen MR) is 80.8 cm³/mol. The molecule has 3 rings (SSSR count). The highest BCUT2D eigenvalue weighted by Crippen LogP contribution is 2.28. The summed E-state index contributed by atoms with van der Waals surface area (Å²) in [5, 5.41) is 5.92. The van der Waals surface area contributed by atoms with Gasteiger partial charge in [0.15, 0.2) is 5.82 Å². The Bertz CT molecular complexity index is 707. The summed E-state index contributed by atoms with van der Waals surface area (Å²) in [5.74, 6) is 0.369. The van der Waals surface area contributed by atoms with Crippen LogP contribution < -0.4 is 5.32 Å². The van der Waals surface area contributed by atoms with E-state index < -0.39 is 0 Å². The number of rotatable bonds is 3. The molecule has 1 aliphatic heterocycles. The highest BCUT2D eigenvalue weighted by Gasteiger charge is 2.42. The van der Waals surface area contributed by atoms with Crippen LogP contribution in [0.4, 0.5) is 5.82 Å². The third kappa shape index (κ3) is 2.17. The molecule has 2 atom stereocenters. The lowest BCUT2D eigenvalue weighted by atomic mass is 10.00. The normalized spacial score (nSPS) is 22.3. The van der Waals surface area contributed by atoms with Gasteiger partial charge in [0.1, 0.15) is 10.6 Å². The van der Waals surface area contributed by atoms with Crippen LogP contribution >= 0.6 is 11.3 Å². The molecule has 1 aliphatic rings. The molecular weight excluding hydrogens is 288 g/mol. The van der Waals surface area contributed by atoms with Gasteiger partial charge in [0, 0.05) is 18.9 Å². The molecule has 0 spiro atoms. The highest BCUT2D eigenvalue weighted by atomic mass is 32.1. The third-order valence-corrected chi connectivity index (χ3v) is 4.78. The Kier molecular flexibility index (Phi) is 3.36. The molecule has 7 heteroatoms. The summed E-state index contributed by atoms with van der Waals surface area (Å²) in [5.41, 5.74) is 0. The van der Waals surface area contributed by atoms with Gasteiger partial charge in [-0.2, -0.15) is 0 Å². The first-order valence-electron chi connectivity index (χ1n) is 6.80. The summed E-state index contributed by atoms with van der Waals surface area (Å²) in [4.78, 5) is 35.2. The van der Waals surface area contributed by atoms with E-state index in [0.717, 1.165) is 16.0 Å². The Morgan fingerprint density at radius 3 is 2.52 bits per heavy atom. The highest BCUT2D eigenvalue weighted by molar-refractivity contribution is 7.16. The van der Waals surface area contributed by atoms with Crippen LogP contribution in [0.1, 0.15) is 19.7 Å². The predicted octanol–water partition coefficient (Wildman–Crippen LogP) is 1.87. The molecule has 2 aromatic rings. The van der Waals surface area contributed by atoms with Crippen molar-refractivity contribution in [3.63, 3.8) is 0 Å². The van der Waals surface area contributed by atoms with E-state index >= 15 is 0 Å². The standard InChI is InChI=1S/C14H16N4O2S/c1-7-8(2)14(20)18(13(7)19)6-10-16-11(15-3)9-4-5-21-12(9)17-10/h4-5,7-8H,6H2,1-3H3,(H,15,16,17). The second-order valence-electron chi connectivity index (χ2n) is 5.22. The van der Waals surface area contributed by atoms with Crippen LogP contribution in [0.2, 0.25) is 0 Å². The van der Waals surface area contributed by atoms with E-state index in [2.05, 4.69) is 15.3 Å². The number of carbonyl (C=O) groups excluding carboxylic acids is 2. The van der Waals surface area contributed by atoms with Crippen molar-refractivity contribution >= 4 is 39.2 Å². The van der Waals surface area contributed by atoms with E-state index in [4.69, 9.17) is 0 Å². The number of anilines is 1. The SMILES string of the molecule is CNc1nc(CN2C(=O)C(C)C(C)C2=O)nc2sccc12. The number of amides is 2. The van der Waals surface area contributed by atoms with Crippen LogP contribution in [0.25, 0.3) is 10.2 Å². The second-order valence-corrected chi connectivity index (χ2v) is 6.11. The van der Waals surface area contributed by atoms with Crippen LogP contribution in [0, 0.1) is 11.8 Å². The Balaban J connectivity index is 1.95. The van der Waals surface area contributed by atoms with Crippen molar-refractivity contribution in [2.45, 2.75) is 20.4 Å². The first-order valence-corrected chi connectivity index (χ1v) is 7.68. The average molecular weight is 304 g/mol. The molecule has 1 N–H and O–H groups in total. The lowest BCUT2D eigenvalue weighted by Crippen LogP contribution is -2.31. The van der Waals surface area contributed by atoms with Gasteiger partial charge in [-0.05, 0) is 11.4 Å². The second kappa shape index (κ2) is 5.07. The van der Waals surface area contributed by atoms with Crippen molar-refractivity contribution in [1.82, 2.24) is 14.9 Å². The zero-order valence-electron chi connectivity index (χ0n) is 12.1. The third-order valence-electron chi connectivity index (χ3n) is 3.97. The van der Waals surface area contributed by atoms with E-state index in [1.165, 1.54) is 16.2 Å². The monoisotopic (exact) mass is 304 g/mol. The maximum Gasteiger partial charge on any atom is 0.233 e. The van der Waals surface area contributed by atoms with Crippen LogP contribution in [-0.2, 0) is 16.1 Å². The number of likely N-dealkylation sites (tertiary alicyclic amines) is 1. The van der Waals surface area contributed by atoms with Crippen molar-refractivity contribution in [2.24, 2.45) is 11.8 Å². The number of hydrogen-bond acceptors (Lipinski definition) is 6. The van der Waals surface area contributed by atoms with Crippen LogP contribution in [-0.4, -0.2) is 33.7 Å². The number of hydrogen-bond donors (Lipinski definition) is 1. The largest absolute Gasteiger partial charge is 0.372 e. The fraction of sp³-hybridized carbons (Fsp3) is 0.429. The van der Waals surface area contributed by atoms with E-state index in [-0.39, 0.29) is 30.2 Å². The Morgan fingerprint density at radius 2 is 1.90 bits per heavy atom. The molecular formula is C14H16N4O2S. The maximum atomic E-state index is 12.1. The molecule has 21 heavy (non-hydrogen) atoms. The summed E-state index contributed by atoms with van der Waals surface area (Å²) in [6.45, 7) is 3.70. The molecule has 1 saturated heterocycles. The fourth-order valence-electron chi connectivity index (χ4n) is 2.49. The van der Waals surface area contributed by atoms with Crippen LogP contribution in [0.5, 0.6) is 0 Å². The summed E-state index contributed by atoms with van der Waals surface area (Å²) < 4.78 is 0. The minimum atomic E-state index is -0.272. The molecule has 2 amide bonds. The summed E-state index contributed by atoms with van der Waals surface area (Å²) >= 11 is 1.51. The number of carbonyl (C=O) groups is 2. The quantitative estimate of drug-likeness (QED) is 0.876. The molecule has 110 valence electrons. The van der Waals surface area contributed by atoms with Gasteiger partial charge in [-0.1, -0.05) is 13.8 Å². The fourth-order valence-corrected chi connectivity index (χ4v) is 3.27. The molecule has 2 unspecified atom stereocenters. The Labute approximate surface area is 126 Å². The van der Waals surface area contributed by atoms with Crippen molar-refractivity contribution in [1.29, 1.82) is 0 Å². The number of thiophene rings is 1. The number of nitrogens with zero attached hydrogens (tertiary/aromatic N) is 3. The molecule has 0 radical (unpaired) electrons. The minimum Gasteiger partial charge on any atom is -0.372 e. The Hall–Kier alpha value is -2.02. The first-order chi connectivity index (χ1) is 10.0. The van der Waals surface area contributed by atoms with Gasteiger partial charge in [-0.25, -0.2) is 9.97 Å². The molecule has 3 heterocycles. The molecule has 1 fully saturated rings. The van der Waals surface area contributed by atoms with Crippen molar-refractivity contribution in [3.8, 4) is 0 Å². The molecule has 2 aromatic heterocycles. The van der Waals surface area contributed by atoms with E-state index in [1.807, 2.05) is 11.4 Å². The van der Waals surface area contributed by atoms with Gasteiger partial charge in [-0.15, -0.1) is 11.3 Å². The summed E-state index contributed by atoms with van der Waals surface area (Å²) in [6, 6.07) is 1.95. The smallest absolute Gasteiger partial charge is 0.233 e. The molecule has 0 bridgehead atoms. The lowest BCUT2D eigenvalue weighted by molar-refractivity contribution is -0.140. The average Bonchev–Trinajstić information content (AvgIpc) is 3.02. The van der Waals surface area contributed by atoms with E-state index in [1.54, 1.807) is 20.9 Å². The van der Waals surface area contributed by atoms with Crippen LogP contribution in [0.3, 0.4) is 0 Å². The minimum absolute atomic E-state index is 0.134. The van der Waals surface area contributed by atoms with Crippen molar-refractivity contribution < 1.29 is 9.59 Å². The van der Waals surface area contributed by atoms with Gasteiger partial charge in [0.05, 0.1) is 11.9 Å². The lowest BCUT2D eigenvalue weighted by Gasteiger charge is -2.14. The van der Waals surface area contributed by atoms with Gasteiger partial charge in [0.2, 0.25) is 11.8 Å². The van der Waals surface area contributed by atoms with E-state index in [0.29, 0.717) is 5.82 Å². The molecule has 6 nitrogen and oxygen atoms in total. The molecule has 0 aliphatic carbocycles. The van der Waals surface area contributed by atoms with Crippen LogP contribution in [0.15, 0.2) is 11.4 Å². The van der Waals surface area contributed by atoms with Crippen molar-refractivity contribution in [2.75, 3.05) is 12.4 Å². The van der Waals surface area contributed by atoms with Gasteiger partial charge >= 0.3 is 0 Å². The zero-order valence-corrected chi connectivity index (χ0v) is 12.9. The van der Waals surface area contributed by atoms with E-state index in [9.17, 15) is 9.59 Å². The maximum absolute atomic E-state index is 12.1.